The fourth-order valence-corrected chi connectivity index (χ4v) is 3.19. The molecule has 2 aromatic rings. The molecule has 26 heavy (non-hydrogen) atoms. The molecule has 0 bridgehead atoms. The van der Waals surface area contributed by atoms with Gasteiger partial charge in [0.15, 0.2) is 0 Å². The van der Waals surface area contributed by atoms with Crippen molar-refractivity contribution in [3.05, 3.63) is 71.3 Å². The van der Waals surface area contributed by atoms with Crippen LogP contribution in [0.15, 0.2) is 54.6 Å². The zero-order chi connectivity index (χ0) is 18.2. The van der Waals surface area contributed by atoms with Gasteiger partial charge in [0.05, 0.1) is 13.2 Å². The third-order valence-corrected chi connectivity index (χ3v) is 4.81. The molecule has 0 unspecified atom stereocenters. The smallest absolute Gasteiger partial charge is 0.251 e. The first-order valence-electron chi connectivity index (χ1n) is 9.44. The maximum Gasteiger partial charge on any atom is 0.251 e. The lowest BCUT2D eigenvalue weighted by molar-refractivity contribution is 0.0342. The van der Waals surface area contributed by atoms with Crippen molar-refractivity contribution in [3.63, 3.8) is 0 Å². The van der Waals surface area contributed by atoms with Crippen LogP contribution in [0.5, 0.6) is 0 Å². The fourth-order valence-electron chi connectivity index (χ4n) is 3.19. The van der Waals surface area contributed by atoms with Crippen LogP contribution in [0.4, 0.5) is 0 Å². The molecule has 1 aliphatic rings. The molecule has 138 valence electrons. The van der Waals surface area contributed by atoms with Gasteiger partial charge in [-0.25, -0.2) is 0 Å². The minimum atomic E-state index is 0.00323. The van der Waals surface area contributed by atoms with E-state index >= 15 is 0 Å². The average molecular weight is 352 g/mol. The van der Waals surface area contributed by atoms with Gasteiger partial charge in [-0.15, -0.1) is 0 Å². The Labute approximate surface area is 156 Å². The standard InChI is InChI=1S/C22H28N2O2/c1-18(7-8-19-5-3-2-4-6-19)23-22(25)21-11-9-20(10-12-21)17-24-13-15-26-16-14-24/h2-6,9-12,18H,7-8,13-17H2,1H3,(H,23,25)/t18-/m0/s1. The van der Waals surface area contributed by atoms with Crippen LogP contribution in [0.25, 0.3) is 0 Å². The molecule has 2 aromatic carbocycles. The summed E-state index contributed by atoms with van der Waals surface area (Å²) in [6, 6.07) is 18.5. The Balaban J connectivity index is 1.46. The molecular formula is C22H28N2O2. The number of benzene rings is 2. The summed E-state index contributed by atoms with van der Waals surface area (Å²) < 4.78 is 5.38. The first-order valence-corrected chi connectivity index (χ1v) is 9.44. The van der Waals surface area contributed by atoms with Crippen molar-refractivity contribution >= 4 is 5.91 Å². The molecule has 0 radical (unpaired) electrons. The molecule has 0 aliphatic carbocycles. The molecule has 1 atom stereocenters. The summed E-state index contributed by atoms with van der Waals surface area (Å²) >= 11 is 0. The van der Waals surface area contributed by atoms with Crippen LogP contribution in [0.1, 0.15) is 34.8 Å². The molecule has 0 saturated carbocycles. The molecule has 1 heterocycles. The Hall–Kier alpha value is -2.17. The monoisotopic (exact) mass is 352 g/mol. The Morgan fingerprint density at radius 3 is 2.42 bits per heavy atom. The zero-order valence-corrected chi connectivity index (χ0v) is 15.5. The highest BCUT2D eigenvalue weighted by atomic mass is 16.5. The second kappa shape index (κ2) is 9.51. The van der Waals surface area contributed by atoms with Crippen molar-refractivity contribution in [2.24, 2.45) is 0 Å². The van der Waals surface area contributed by atoms with Crippen LogP contribution >= 0.6 is 0 Å². The van der Waals surface area contributed by atoms with E-state index < -0.39 is 0 Å². The van der Waals surface area contributed by atoms with Gasteiger partial charge in [-0.3, -0.25) is 9.69 Å². The Bertz CT molecular complexity index is 679. The fraction of sp³-hybridized carbons (Fsp3) is 0.409. The van der Waals surface area contributed by atoms with E-state index in [1.54, 1.807) is 0 Å². The number of rotatable bonds is 7. The highest BCUT2D eigenvalue weighted by Gasteiger charge is 2.12. The lowest BCUT2D eigenvalue weighted by Gasteiger charge is -2.26. The van der Waals surface area contributed by atoms with E-state index in [0.29, 0.717) is 0 Å². The number of hydrogen-bond acceptors (Lipinski definition) is 3. The number of amides is 1. The summed E-state index contributed by atoms with van der Waals surface area (Å²) in [5, 5.41) is 3.10. The van der Waals surface area contributed by atoms with Gasteiger partial charge in [0.25, 0.3) is 5.91 Å². The summed E-state index contributed by atoms with van der Waals surface area (Å²) in [6.07, 6.45) is 1.91. The van der Waals surface area contributed by atoms with Crippen molar-refractivity contribution < 1.29 is 9.53 Å². The van der Waals surface area contributed by atoms with Crippen molar-refractivity contribution in [2.75, 3.05) is 26.3 Å². The van der Waals surface area contributed by atoms with Crippen LogP contribution < -0.4 is 5.32 Å². The molecule has 1 fully saturated rings. The number of morpholine rings is 1. The molecule has 1 N–H and O–H groups in total. The topological polar surface area (TPSA) is 41.6 Å². The summed E-state index contributed by atoms with van der Waals surface area (Å²) in [5.41, 5.74) is 3.27. The average Bonchev–Trinajstić information content (AvgIpc) is 2.68. The molecule has 3 rings (SSSR count). The van der Waals surface area contributed by atoms with Gasteiger partial charge in [0.2, 0.25) is 0 Å². The largest absolute Gasteiger partial charge is 0.379 e. The van der Waals surface area contributed by atoms with E-state index in [1.165, 1.54) is 11.1 Å². The molecule has 0 aromatic heterocycles. The van der Waals surface area contributed by atoms with E-state index in [9.17, 15) is 4.79 Å². The van der Waals surface area contributed by atoms with Gasteiger partial charge in [-0.2, -0.15) is 0 Å². The maximum absolute atomic E-state index is 12.4. The quantitative estimate of drug-likeness (QED) is 0.831. The predicted molar refractivity (Wildman–Crippen MR) is 104 cm³/mol. The summed E-state index contributed by atoms with van der Waals surface area (Å²) in [7, 11) is 0. The number of hydrogen-bond donors (Lipinski definition) is 1. The van der Waals surface area contributed by atoms with Crippen LogP contribution in [0, 0.1) is 0 Å². The Morgan fingerprint density at radius 2 is 1.73 bits per heavy atom. The highest BCUT2D eigenvalue weighted by molar-refractivity contribution is 5.94. The third-order valence-electron chi connectivity index (χ3n) is 4.81. The van der Waals surface area contributed by atoms with Crippen molar-refractivity contribution in [3.8, 4) is 0 Å². The second-order valence-electron chi connectivity index (χ2n) is 6.98. The van der Waals surface area contributed by atoms with E-state index in [2.05, 4.69) is 53.5 Å². The van der Waals surface area contributed by atoms with Gasteiger partial charge < -0.3 is 10.1 Å². The van der Waals surface area contributed by atoms with E-state index in [0.717, 1.165) is 51.3 Å². The van der Waals surface area contributed by atoms with Gasteiger partial charge in [0, 0.05) is 31.2 Å². The lowest BCUT2D eigenvalue weighted by atomic mass is 10.1. The summed E-state index contributed by atoms with van der Waals surface area (Å²) in [6.45, 7) is 6.54. The molecule has 0 spiro atoms. The summed E-state index contributed by atoms with van der Waals surface area (Å²) in [5.74, 6) is 0.00323. The molecule has 1 saturated heterocycles. The second-order valence-corrected chi connectivity index (χ2v) is 6.98. The van der Waals surface area contributed by atoms with Gasteiger partial charge in [0.1, 0.15) is 0 Å². The number of carbonyl (C=O) groups excluding carboxylic acids is 1. The van der Waals surface area contributed by atoms with Gasteiger partial charge in [-0.1, -0.05) is 42.5 Å². The highest BCUT2D eigenvalue weighted by Crippen LogP contribution is 2.10. The summed E-state index contributed by atoms with van der Waals surface area (Å²) in [4.78, 5) is 14.8. The first kappa shape index (κ1) is 18.6. The van der Waals surface area contributed by atoms with Crippen LogP contribution in [-0.4, -0.2) is 43.2 Å². The number of carbonyl (C=O) groups is 1. The Morgan fingerprint density at radius 1 is 1.04 bits per heavy atom. The van der Waals surface area contributed by atoms with Gasteiger partial charge >= 0.3 is 0 Å². The predicted octanol–water partition coefficient (Wildman–Crippen LogP) is 3.27. The lowest BCUT2D eigenvalue weighted by Crippen LogP contribution is -2.35. The minimum absolute atomic E-state index is 0.00323. The Kier molecular flexibility index (Phi) is 6.81. The molecule has 1 aliphatic heterocycles. The number of ether oxygens (including phenoxy) is 1. The zero-order valence-electron chi connectivity index (χ0n) is 15.5. The van der Waals surface area contributed by atoms with E-state index in [4.69, 9.17) is 4.74 Å². The van der Waals surface area contributed by atoms with Gasteiger partial charge in [-0.05, 0) is 43.0 Å². The maximum atomic E-state index is 12.4. The third kappa shape index (κ3) is 5.68. The van der Waals surface area contributed by atoms with Crippen LogP contribution in [0.3, 0.4) is 0 Å². The number of aryl methyl sites for hydroxylation is 1. The first-order chi connectivity index (χ1) is 12.7. The minimum Gasteiger partial charge on any atom is -0.379 e. The van der Waals surface area contributed by atoms with E-state index in [-0.39, 0.29) is 11.9 Å². The molecule has 1 amide bonds. The normalized spacial score (nSPS) is 16.2. The van der Waals surface area contributed by atoms with E-state index in [1.807, 2.05) is 18.2 Å². The van der Waals surface area contributed by atoms with Crippen molar-refractivity contribution in [1.29, 1.82) is 0 Å². The molecule has 4 nitrogen and oxygen atoms in total. The number of nitrogens with zero attached hydrogens (tertiary/aromatic N) is 1. The van der Waals surface area contributed by atoms with Crippen molar-refractivity contribution in [2.45, 2.75) is 32.4 Å². The number of nitrogens with one attached hydrogen (secondary N) is 1. The van der Waals surface area contributed by atoms with Crippen LogP contribution in [0.2, 0.25) is 0 Å². The van der Waals surface area contributed by atoms with Crippen molar-refractivity contribution in [1.82, 2.24) is 10.2 Å². The van der Waals surface area contributed by atoms with Crippen LogP contribution in [-0.2, 0) is 17.7 Å². The molecule has 4 heteroatoms. The molecular weight excluding hydrogens is 324 g/mol. The SMILES string of the molecule is C[C@@H](CCc1ccccc1)NC(=O)c1ccc(CN2CCOCC2)cc1.